The number of anilines is 1. The second-order valence-electron chi connectivity index (χ2n) is 4.63. The molecule has 0 aliphatic carbocycles. The number of carbonyl (C=O) groups excluding carboxylic acids is 1. The molecule has 1 aromatic rings. The standard InChI is InChI=1S/C12H18N4O2/c1-8-3-4-16(7-9(8)13)11-6-14-5-10(15-11)12(17)18-2/h5-6,8-9H,3-4,7,13H2,1-2H3. The van der Waals surface area contributed by atoms with Gasteiger partial charge >= 0.3 is 5.97 Å². The van der Waals surface area contributed by atoms with Gasteiger partial charge in [0.1, 0.15) is 5.82 Å². The minimum Gasteiger partial charge on any atom is -0.464 e. The van der Waals surface area contributed by atoms with E-state index in [1.165, 1.54) is 13.3 Å². The summed E-state index contributed by atoms with van der Waals surface area (Å²) in [4.78, 5) is 21.7. The van der Waals surface area contributed by atoms with Crippen LogP contribution < -0.4 is 10.6 Å². The van der Waals surface area contributed by atoms with Gasteiger partial charge in [0.2, 0.25) is 0 Å². The summed E-state index contributed by atoms with van der Waals surface area (Å²) in [6, 6.07) is 0.127. The summed E-state index contributed by atoms with van der Waals surface area (Å²) in [6.45, 7) is 3.77. The SMILES string of the molecule is COC(=O)c1cncc(N2CCC(C)C(N)C2)n1. The monoisotopic (exact) mass is 250 g/mol. The maximum atomic E-state index is 11.4. The summed E-state index contributed by atoms with van der Waals surface area (Å²) in [5.74, 6) is 0.720. The Morgan fingerprint density at radius 1 is 1.56 bits per heavy atom. The van der Waals surface area contributed by atoms with Crippen LogP contribution in [0.15, 0.2) is 12.4 Å². The molecule has 2 heterocycles. The number of nitrogens with zero attached hydrogens (tertiary/aromatic N) is 3. The molecule has 2 N–H and O–H groups in total. The molecule has 0 bridgehead atoms. The number of carbonyl (C=O) groups is 1. The van der Waals surface area contributed by atoms with Crippen molar-refractivity contribution in [2.45, 2.75) is 19.4 Å². The number of nitrogens with two attached hydrogens (primary N) is 1. The average molecular weight is 250 g/mol. The molecule has 98 valence electrons. The quantitative estimate of drug-likeness (QED) is 0.767. The van der Waals surface area contributed by atoms with Crippen LogP contribution in [0.4, 0.5) is 5.82 Å². The van der Waals surface area contributed by atoms with E-state index < -0.39 is 5.97 Å². The van der Waals surface area contributed by atoms with Crippen LogP contribution in [0.25, 0.3) is 0 Å². The Bertz CT molecular complexity index is 438. The Hall–Kier alpha value is -1.69. The van der Waals surface area contributed by atoms with E-state index in [4.69, 9.17) is 5.73 Å². The van der Waals surface area contributed by atoms with Crippen LogP contribution in [0.5, 0.6) is 0 Å². The maximum Gasteiger partial charge on any atom is 0.358 e. The lowest BCUT2D eigenvalue weighted by atomic mass is 9.94. The summed E-state index contributed by atoms with van der Waals surface area (Å²) in [5, 5.41) is 0. The minimum absolute atomic E-state index is 0.127. The highest BCUT2D eigenvalue weighted by Gasteiger charge is 2.24. The molecule has 6 heteroatoms. The second kappa shape index (κ2) is 5.30. The zero-order chi connectivity index (χ0) is 13.1. The van der Waals surface area contributed by atoms with E-state index in [0.29, 0.717) is 11.7 Å². The predicted molar refractivity (Wildman–Crippen MR) is 67.3 cm³/mol. The van der Waals surface area contributed by atoms with E-state index in [0.717, 1.165) is 19.5 Å². The Labute approximate surface area is 106 Å². The largest absolute Gasteiger partial charge is 0.464 e. The van der Waals surface area contributed by atoms with Crippen molar-refractivity contribution < 1.29 is 9.53 Å². The van der Waals surface area contributed by atoms with Gasteiger partial charge in [0.25, 0.3) is 0 Å². The van der Waals surface area contributed by atoms with Crippen LogP contribution >= 0.6 is 0 Å². The highest BCUT2D eigenvalue weighted by molar-refractivity contribution is 5.87. The summed E-state index contributed by atoms with van der Waals surface area (Å²) < 4.78 is 4.63. The first-order valence-electron chi connectivity index (χ1n) is 6.02. The molecule has 1 saturated heterocycles. The van der Waals surface area contributed by atoms with Gasteiger partial charge in [0.15, 0.2) is 5.69 Å². The number of methoxy groups -OCH3 is 1. The fourth-order valence-electron chi connectivity index (χ4n) is 2.02. The highest BCUT2D eigenvalue weighted by Crippen LogP contribution is 2.20. The van der Waals surface area contributed by atoms with Crippen LogP contribution in [-0.2, 0) is 4.74 Å². The Balaban J connectivity index is 2.16. The topological polar surface area (TPSA) is 81.3 Å². The van der Waals surface area contributed by atoms with Crippen LogP contribution in [0.1, 0.15) is 23.8 Å². The van der Waals surface area contributed by atoms with Crippen molar-refractivity contribution in [2.24, 2.45) is 11.7 Å². The first-order valence-corrected chi connectivity index (χ1v) is 6.02. The third-order valence-electron chi connectivity index (χ3n) is 3.36. The number of hydrogen-bond acceptors (Lipinski definition) is 6. The number of hydrogen-bond donors (Lipinski definition) is 1. The van der Waals surface area contributed by atoms with E-state index in [1.54, 1.807) is 6.20 Å². The third-order valence-corrected chi connectivity index (χ3v) is 3.36. The zero-order valence-electron chi connectivity index (χ0n) is 10.7. The molecule has 0 amide bonds. The van der Waals surface area contributed by atoms with Gasteiger partial charge in [-0.3, -0.25) is 4.98 Å². The summed E-state index contributed by atoms with van der Waals surface area (Å²) in [6.07, 6.45) is 4.07. The van der Waals surface area contributed by atoms with Crippen LogP contribution in [0.2, 0.25) is 0 Å². The van der Waals surface area contributed by atoms with Gasteiger partial charge in [-0.05, 0) is 12.3 Å². The third kappa shape index (κ3) is 2.59. The Morgan fingerprint density at radius 3 is 3.00 bits per heavy atom. The predicted octanol–water partition coefficient (Wildman–Crippen LogP) is 0.437. The molecule has 0 aromatic carbocycles. The van der Waals surface area contributed by atoms with Crippen LogP contribution in [0, 0.1) is 5.92 Å². The molecule has 1 aromatic heterocycles. The van der Waals surface area contributed by atoms with Crippen molar-refractivity contribution in [1.82, 2.24) is 9.97 Å². The number of esters is 1. The molecule has 18 heavy (non-hydrogen) atoms. The molecule has 6 nitrogen and oxygen atoms in total. The molecule has 2 rings (SSSR count). The van der Waals surface area contributed by atoms with Gasteiger partial charge < -0.3 is 15.4 Å². The molecule has 2 unspecified atom stereocenters. The van der Waals surface area contributed by atoms with Gasteiger partial charge in [0, 0.05) is 19.1 Å². The first kappa shape index (κ1) is 12.8. The molecule has 1 aliphatic heterocycles. The van der Waals surface area contributed by atoms with E-state index >= 15 is 0 Å². The molecule has 0 spiro atoms. The summed E-state index contributed by atoms with van der Waals surface area (Å²) >= 11 is 0. The Morgan fingerprint density at radius 2 is 2.33 bits per heavy atom. The smallest absolute Gasteiger partial charge is 0.358 e. The molecule has 0 saturated carbocycles. The second-order valence-corrected chi connectivity index (χ2v) is 4.63. The average Bonchev–Trinajstić information content (AvgIpc) is 2.41. The van der Waals surface area contributed by atoms with Gasteiger partial charge in [-0.15, -0.1) is 0 Å². The summed E-state index contributed by atoms with van der Waals surface area (Å²) in [7, 11) is 1.33. The number of ether oxygens (including phenoxy) is 1. The van der Waals surface area contributed by atoms with E-state index in [-0.39, 0.29) is 11.7 Å². The van der Waals surface area contributed by atoms with Crippen molar-refractivity contribution in [3.05, 3.63) is 18.1 Å². The fourth-order valence-corrected chi connectivity index (χ4v) is 2.02. The molecule has 1 aliphatic rings. The van der Waals surface area contributed by atoms with E-state index in [1.807, 2.05) is 0 Å². The van der Waals surface area contributed by atoms with Gasteiger partial charge in [0.05, 0.1) is 19.5 Å². The lowest BCUT2D eigenvalue weighted by Crippen LogP contribution is -2.48. The fraction of sp³-hybridized carbons (Fsp3) is 0.583. The van der Waals surface area contributed by atoms with E-state index in [9.17, 15) is 4.79 Å². The van der Waals surface area contributed by atoms with Gasteiger partial charge in [-0.25, -0.2) is 9.78 Å². The first-order chi connectivity index (χ1) is 8.61. The number of aromatic nitrogens is 2. The van der Waals surface area contributed by atoms with Crippen molar-refractivity contribution in [2.75, 3.05) is 25.1 Å². The highest BCUT2D eigenvalue weighted by atomic mass is 16.5. The van der Waals surface area contributed by atoms with E-state index in [2.05, 4.69) is 26.5 Å². The molecular formula is C12H18N4O2. The molecular weight excluding hydrogens is 232 g/mol. The lowest BCUT2D eigenvalue weighted by molar-refractivity contribution is 0.0593. The van der Waals surface area contributed by atoms with Crippen molar-refractivity contribution in [1.29, 1.82) is 0 Å². The Kier molecular flexibility index (Phi) is 3.76. The van der Waals surface area contributed by atoms with Gasteiger partial charge in [-0.1, -0.05) is 6.92 Å². The number of piperidine rings is 1. The maximum absolute atomic E-state index is 11.4. The zero-order valence-corrected chi connectivity index (χ0v) is 10.7. The normalized spacial score (nSPS) is 23.8. The van der Waals surface area contributed by atoms with Crippen LogP contribution in [-0.4, -0.2) is 42.2 Å². The van der Waals surface area contributed by atoms with Crippen LogP contribution in [0.3, 0.4) is 0 Å². The molecule has 1 fully saturated rings. The van der Waals surface area contributed by atoms with Crippen molar-refractivity contribution in [3.8, 4) is 0 Å². The lowest BCUT2D eigenvalue weighted by Gasteiger charge is -2.35. The van der Waals surface area contributed by atoms with Gasteiger partial charge in [-0.2, -0.15) is 0 Å². The molecule has 2 atom stereocenters. The number of rotatable bonds is 2. The molecule has 0 radical (unpaired) electrons. The van der Waals surface area contributed by atoms with Crippen molar-refractivity contribution in [3.63, 3.8) is 0 Å². The van der Waals surface area contributed by atoms with Crippen molar-refractivity contribution >= 4 is 11.8 Å². The minimum atomic E-state index is -0.473. The summed E-state index contributed by atoms with van der Waals surface area (Å²) in [5.41, 5.74) is 6.27.